The molecule has 0 bridgehead atoms. The number of nitro benzene ring substituents is 1. The Morgan fingerprint density at radius 2 is 1.49 bits per heavy atom. The number of anilines is 2. The van der Waals surface area contributed by atoms with E-state index in [4.69, 9.17) is 5.14 Å². The quantitative estimate of drug-likeness (QED) is 0.147. The molecule has 4 aromatic carbocycles. The van der Waals surface area contributed by atoms with Gasteiger partial charge in [0.2, 0.25) is 15.9 Å². The molecule has 0 aliphatic heterocycles. The number of nitrogens with one attached hydrogen (secondary N) is 2. The molecule has 0 heterocycles. The number of carbonyl (C=O) groups excluding carboxylic acids is 2. The molecule has 0 aliphatic carbocycles. The summed E-state index contributed by atoms with van der Waals surface area (Å²) in [5.74, 6) is -0.776. The van der Waals surface area contributed by atoms with Crippen LogP contribution < -0.4 is 15.8 Å². The Morgan fingerprint density at radius 1 is 0.821 bits per heavy atom. The zero-order valence-corrected chi connectivity index (χ0v) is 21.8. The van der Waals surface area contributed by atoms with Crippen molar-refractivity contribution < 1.29 is 22.9 Å². The molecule has 4 rings (SSSR count). The van der Waals surface area contributed by atoms with E-state index in [2.05, 4.69) is 10.6 Å². The first-order valence-electron chi connectivity index (χ1n) is 11.4. The number of amides is 2. The maximum Gasteiger partial charge on any atom is 0.269 e. The van der Waals surface area contributed by atoms with Crippen LogP contribution in [0.5, 0.6) is 0 Å². The number of nitrogens with zero attached hydrogens (tertiary/aromatic N) is 1. The van der Waals surface area contributed by atoms with Crippen LogP contribution >= 0.6 is 11.8 Å². The second-order valence-electron chi connectivity index (χ2n) is 8.25. The first kappa shape index (κ1) is 27.5. The monoisotopic (exact) mass is 562 g/mol. The van der Waals surface area contributed by atoms with Crippen molar-refractivity contribution in [3.8, 4) is 0 Å². The van der Waals surface area contributed by atoms with Crippen LogP contribution in [0.3, 0.4) is 0 Å². The number of hydrogen-bond donors (Lipinski definition) is 3. The minimum absolute atomic E-state index is 0.0675. The Kier molecular flexibility index (Phi) is 8.39. The highest BCUT2D eigenvalue weighted by molar-refractivity contribution is 8.00. The van der Waals surface area contributed by atoms with Crippen LogP contribution in [0.4, 0.5) is 17.1 Å². The number of rotatable bonds is 9. The van der Waals surface area contributed by atoms with Crippen molar-refractivity contribution in [2.24, 2.45) is 5.14 Å². The van der Waals surface area contributed by atoms with E-state index in [1.165, 1.54) is 60.3 Å². The number of nitrogens with two attached hydrogens (primary N) is 1. The van der Waals surface area contributed by atoms with Crippen molar-refractivity contribution in [2.45, 2.75) is 15.0 Å². The molecule has 2 amide bonds. The highest BCUT2D eigenvalue weighted by Crippen LogP contribution is 2.37. The van der Waals surface area contributed by atoms with Gasteiger partial charge in [0.25, 0.3) is 11.6 Å². The Morgan fingerprint density at radius 3 is 2.10 bits per heavy atom. The fourth-order valence-corrected chi connectivity index (χ4v) is 5.16. The summed E-state index contributed by atoms with van der Waals surface area (Å²) in [5, 5.41) is 20.9. The second-order valence-corrected chi connectivity index (χ2v) is 11.0. The van der Waals surface area contributed by atoms with Gasteiger partial charge in [-0.05, 0) is 60.2 Å². The normalized spacial score (nSPS) is 11.8. The average molecular weight is 563 g/mol. The van der Waals surface area contributed by atoms with Crippen LogP contribution in [0.1, 0.15) is 21.2 Å². The van der Waals surface area contributed by atoms with E-state index in [-0.39, 0.29) is 22.1 Å². The zero-order chi connectivity index (χ0) is 28.0. The number of hydrogen-bond acceptors (Lipinski definition) is 7. The van der Waals surface area contributed by atoms with Crippen molar-refractivity contribution in [1.82, 2.24) is 0 Å². The first-order chi connectivity index (χ1) is 18.6. The highest BCUT2D eigenvalue weighted by atomic mass is 32.2. The number of primary sulfonamides is 1. The van der Waals surface area contributed by atoms with Gasteiger partial charge in [0.05, 0.1) is 9.82 Å². The summed E-state index contributed by atoms with van der Waals surface area (Å²) >= 11 is 1.26. The van der Waals surface area contributed by atoms with Gasteiger partial charge in [-0.15, -0.1) is 11.8 Å². The lowest BCUT2D eigenvalue weighted by Gasteiger charge is -2.18. The molecule has 39 heavy (non-hydrogen) atoms. The SMILES string of the molecule is NS(=O)(=O)c1ccc(NC(=O)C(Sc2cccc(NC(=O)c3ccc([N+](=O)[O-])cc3)c2)c2ccccc2)cc1. The van der Waals surface area contributed by atoms with E-state index < -0.39 is 26.1 Å². The summed E-state index contributed by atoms with van der Waals surface area (Å²) in [7, 11) is -3.86. The molecule has 198 valence electrons. The summed E-state index contributed by atoms with van der Waals surface area (Å²) in [6.45, 7) is 0. The topological polar surface area (TPSA) is 162 Å². The third-order valence-electron chi connectivity index (χ3n) is 5.48. The van der Waals surface area contributed by atoms with E-state index in [0.717, 1.165) is 5.56 Å². The lowest BCUT2D eigenvalue weighted by atomic mass is 10.1. The minimum atomic E-state index is -3.86. The van der Waals surface area contributed by atoms with Crippen LogP contribution in [0.25, 0.3) is 0 Å². The molecule has 0 fully saturated rings. The van der Waals surface area contributed by atoms with Gasteiger partial charge in [-0.1, -0.05) is 36.4 Å². The standard InChI is InChI=1S/C27H22N4O6S2/c28-39(36,37)24-15-11-20(12-16-24)29-27(33)25(18-5-2-1-3-6-18)38-23-8-4-7-21(17-23)30-26(32)19-9-13-22(14-10-19)31(34)35/h1-17,25H,(H,29,33)(H,30,32)(H2,28,36,37). The molecular weight excluding hydrogens is 540 g/mol. The number of carbonyl (C=O) groups is 2. The lowest BCUT2D eigenvalue weighted by Crippen LogP contribution is -2.19. The summed E-state index contributed by atoms with van der Waals surface area (Å²) < 4.78 is 23.0. The minimum Gasteiger partial charge on any atom is -0.325 e. The summed E-state index contributed by atoms with van der Waals surface area (Å²) in [5.41, 5.74) is 1.76. The van der Waals surface area contributed by atoms with Gasteiger partial charge in [0, 0.05) is 34.0 Å². The molecule has 0 aliphatic rings. The Balaban J connectivity index is 1.52. The van der Waals surface area contributed by atoms with Gasteiger partial charge >= 0.3 is 0 Å². The van der Waals surface area contributed by atoms with Gasteiger partial charge in [-0.25, -0.2) is 13.6 Å². The van der Waals surface area contributed by atoms with E-state index >= 15 is 0 Å². The predicted molar refractivity (Wildman–Crippen MR) is 149 cm³/mol. The van der Waals surface area contributed by atoms with Crippen molar-refractivity contribution in [3.63, 3.8) is 0 Å². The molecule has 4 aromatic rings. The van der Waals surface area contributed by atoms with E-state index in [9.17, 15) is 28.1 Å². The summed E-state index contributed by atoms with van der Waals surface area (Å²) in [4.78, 5) is 36.9. The molecule has 0 saturated carbocycles. The van der Waals surface area contributed by atoms with Crippen LogP contribution in [-0.4, -0.2) is 25.2 Å². The van der Waals surface area contributed by atoms with Gasteiger partial charge in [-0.3, -0.25) is 19.7 Å². The molecule has 10 nitrogen and oxygen atoms in total. The smallest absolute Gasteiger partial charge is 0.269 e. The van der Waals surface area contributed by atoms with E-state index in [0.29, 0.717) is 16.3 Å². The summed E-state index contributed by atoms with van der Waals surface area (Å²) in [6, 6.07) is 26.9. The van der Waals surface area contributed by atoms with Crippen LogP contribution in [0, 0.1) is 10.1 Å². The van der Waals surface area contributed by atoms with Gasteiger partial charge in [0.1, 0.15) is 5.25 Å². The van der Waals surface area contributed by atoms with Gasteiger partial charge < -0.3 is 10.6 Å². The number of sulfonamides is 1. The molecule has 0 spiro atoms. The highest BCUT2D eigenvalue weighted by Gasteiger charge is 2.23. The lowest BCUT2D eigenvalue weighted by molar-refractivity contribution is -0.384. The molecule has 1 atom stereocenters. The number of nitro groups is 1. The van der Waals surface area contributed by atoms with E-state index in [1.54, 1.807) is 24.3 Å². The van der Waals surface area contributed by atoms with Crippen LogP contribution in [-0.2, 0) is 14.8 Å². The molecule has 0 radical (unpaired) electrons. The molecule has 1 unspecified atom stereocenters. The van der Waals surface area contributed by atoms with Crippen molar-refractivity contribution in [3.05, 3.63) is 124 Å². The number of benzene rings is 4. The average Bonchev–Trinajstić information content (AvgIpc) is 2.92. The van der Waals surface area contributed by atoms with Gasteiger partial charge in [0.15, 0.2) is 0 Å². The van der Waals surface area contributed by atoms with Crippen molar-refractivity contribution in [1.29, 1.82) is 0 Å². The predicted octanol–water partition coefficient (Wildman–Crippen LogP) is 4.97. The molecule has 0 saturated heterocycles. The van der Waals surface area contributed by atoms with Crippen LogP contribution in [0.2, 0.25) is 0 Å². The molecular formula is C27H22N4O6S2. The third-order valence-corrected chi connectivity index (χ3v) is 7.65. The largest absolute Gasteiger partial charge is 0.325 e. The first-order valence-corrected chi connectivity index (χ1v) is 13.8. The van der Waals surface area contributed by atoms with Crippen molar-refractivity contribution in [2.75, 3.05) is 10.6 Å². The number of thioether (sulfide) groups is 1. The Labute approximate surface area is 228 Å². The van der Waals surface area contributed by atoms with Crippen LogP contribution in [0.15, 0.2) is 113 Å². The van der Waals surface area contributed by atoms with Crippen molar-refractivity contribution >= 4 is 50.7 Å². The summed E-state index contributed by atoms with van der Waals surface area (Å²) in [6.07, 6.45) is 0. The molecule has 4 N–H and O–H groups in total. The van der Waals surface area contributed by atoms with Gasteiger partial charge in [-0.2, -0.15) is 0 Å². The molecule has 12 heteroatoms. The Bertz CT molecular complexity index is 1610. The fraction of sp³-hybridized carbons (Fsp3) is 0.0370. The maximum absolute atomic E-state index is 13.3. The zero-order valence-electron chi connectivity index (χ0n) is 20.2. The maximum atomic E-state index is 13.3. The fourth-order valence-electron chi connectivity index (χ4n) is 3.56. The molecule has 0 aromatic heterocycles. The third kappa shape index (κ3) is 7.29. The second kappa shape index (κ2) is 11.9. The Hall–Kier alpha value is -4.52. The van der Waals surface area contributed by atoms with E-state index in [1.807, 2.05) is 30.3 Å². The number of non-ortho nitro benzene ring substituents is 1.